The van der Waals surface area contributed by atoms with E-state index < -0.39 is 16.0 Å². The summed E-state index contributed by atoms with van der Waals surface area (Å²) in [5, 5.41) is 0.718. The molecule has 0 saturated carbocycles. The molecule has 17 heavy (non-hydrogen) atoms. The van der Waals surface area contributed by atoms with Crippen LogP contribution >= 0.6 is 10.5 Å². The molecule has 0 bridgehead atoms. The van der Waals surface area contributed by atoms with Crippen molar-refractivity contribution in [2.24, 2.45) is 0 Å². The Kier molecular flexibility index (Phi) is 4.25. The average Bonchev–Trinajstić information content (AvgIpc) is 2.51. The third kappa shape index (κ3) is 2.65. The van der Waals surface area contributed by atoms with E-state index in [0.29, 0.717) is 9.58 Å². The number of hydrogen-bond acceptors (Lipinski definition) is 0. The van der Waals surface area contributed by atoms with Crippen molar-refractivity contribution in [1.29, 1.82) is 0 Å². The average molecular weight is 325 g/mol. The minimum absolute atomic E-state index is 0. The van der Waals surface area contributed by atoms with Gasteiger partial charge in [0.25, 0.3) is 0 Å². The highest BCUT2D eigenvalue weighted by Crippen LogP contribution is 2.50. The summed E-state index contributed by atoms with van der Waals surface area (Å²) in [6.07, 6.45) is 0.765. The Labute approximate surface area is 111 Å². The number of rotatable bonds is 1. The molecule has 1 aromatic carbocycles. The summed E-state index contributed by atoms with van der Waals surface area (Å²) in [6.45, 7) is 3.50. The first-order chi connectivity index (χ1) is 7.43. The molecule has 0 radical (unpaired) electrons. The fourth-order valence-electron chi connectivity index (χ4n) is 1.85. The van der Waals surface area contributed by atoms with Crippen molar-refractivity contribution in [3.05, 3.63) is 34.7 Å². The van der Waals surface area contributed by atoms with Crippen molar-refractivity contribution < 1.29 is 30.2 Å². The number of halogens is 4. The number of benzene rings is 1. The molecule has 5 heteroatoms. The molecular formula is C12H12BrF3S. The van der Waals surface area contributed by atoms with Crippen LogP contribution in [-0.4, -0.2) is 0 Å². The molecule has 2 aromatic rings. The predicted octanol–water partition coefficient (Wildman–Crippen LogP) is 1.94. The molecule has 2 rings (SSSR count). The molecule has 0 nitrogen and oxygen atoms in total. The van der Waals surface area contributed by atoms with Gasteiger partial charge in [-0.2, -0.15) is 0 Å². The fraction of sp³-hybridized carbons (Fsp3) is 0.333. The van der Waals surface area contributed by atoms with Crippen molar-refractivity contribution >= 4 is 20.6 Å². The van der Waals surface area contributed by atoms with Gasteiger partial charge < -0.3 is 17.0 Å². The van der Waals surface area contributed by atoms with Crippen LogP contribution < -0.4 is 17.0 Å². The second-order valence-electron chi connectivity index (χ2n) is 3.73. The van der Waals surface area contributed by atoms with Crippen molar-refractivity contribution in [2.75, 3.05) is 0 Å². The monoisotopic (exact) mass is 324 g/mol. The van der Waals surface area contributed by atoms with Crippen LogP contribution in [0.5, 0.6) is 0 Å². The molecule has 1 aromatic heterocycles. The molecule has 1 unspecified atom stereocenters. The molecular weight excluding hydrogens is 313 g/mol. The van der Waals surface area contributed by atoms with Gasteiger partial charge in [-0.05, 0) is 18.1 Å². The SMILES string of the molecule is CCc1ccc2cc(C)[s+](C(F)(F)F)c2c1.[Br-]. The Bertz CT molecular complexity index is 528. The summed E-state index contributed by atoms with van der Waals surface area (Å²) >= 11 is 0. The molecule has 0 saturated heterocycles. The number of hydrogen-bond donors (Lipinski definition) is 0. The molecule has 0 aliphatic carbocycles. The number of fused-ring (bicyclic) bond motifs is 1. The van der Waals surface area contributed by atoms with E-state index >= 15 is 0 Å². The lowest BCUT2D eigenvalue weighted by Crippen LogP contribution is -3.00. The smallest absolute Gasteiger partial charge is 0.600 e. The number of aryl methyl sites for hydroxylation is 2. The van der Waals surface area contributed by atoms with E-state index in [1.165, 1.54) is 0 Å². The summed E-state index contributed by atoms with van der Waals surface area (Å²) in [5.74, 6) is 0. The van der Waals surface area contributed by atoms with E-state index in [0.717, 1.165) is 17.4 Å². The van der Waals surface area contributed by atoms with Crippen molar-refractivity contribution in [1.82, 2.24) is 0 Å². The Hall–Kier alpha value is -0.550. The number of alkyl halides is 3. The Balaban J connectivity index is 0.00000144. The first kappa shape index (κ1) is 14.5. The normalized spacial score (nSPS) is 12.6. The lowest BCUT2D eigenvalue weighted by molar-refractivity contribution is -0.0867. The minimum Gasteiger partial charge on any atom is -1.00 e. The summed E-state index contributed by atoms with van der Waals surface area (Å²) in [4.78, 5) is 0.413. The Morgan fingerprint density at radius 3 is 2.35 bits per heavy atom. The predicted molar refractivity (Wildman–Crippen MR) is 61.8 cm³/mol. The highest BCUT2D eigenvalue weighted by molar-refractivity contribution is 7.38. The van der Waals surface area contributed by atoms with Gasteiger partial charge >= 0.3 is 5.51 Å². The zero-order valence-electron chi connectivity index (χ0n) is 9.44. The van der Waals surface area contributed by atoms with Crippen molar-refractivity contribution in [3.8, 4) is 0 Å². The summed E-state index contributed by atoms with van der Waals surface area (Å²) in [6, 6.07) is 7.02. The van der Waals surface area contributed by atoms with Gasteiger partial charge in [-0.25, -0.2) is 0 Å². The minimum atomic E-state index is -4.15. The maximum absolute atomic E-state index is 12.9. The lowest BCUT2D eigenvalue weighted by atomic mass is 10.1. The highest BCUT2D eigenvalue weighted by atomic mass is 79.9. The van der Waals surface area contributed by atoms with Gasteiger partial charge in [-0.1, -0.05) is 13.0 Å². The van der Waals surface area contributed by atoms with E-state index in [1.807, 2.05) is 13.0 Å². The van der Waals surface area contributed by atoms with Gasteiger partial charge in [0, 0.05) is 24.4 Å². The molecule has 0 aliphatic heterocycles. The molecule has 0 spiro atoms. The summed E-state index contributed by atoms with van der Waals surface area (Å²) in [7, 11) is -1.72. The third-order valence-corrected chi connectivity index (χ3v) is 4.64. The fourth-order valence-corrected chi connectivity index (χ4v) is 3.69. The van der Waals surface area contributed by atoms with E-state index in [4.69, 9.17) is 0 Å². The quantitative estimate of drug-likeness (QED) is 0.703. The molecule has 94 valence electrons. The summed E-state index contributed by atoms with van der Waals surface area (Å²) in [5.41, 5.74) is -3.19. The topological polar surface area (TPSA) is 0 Å². The molecule has 1 atom stereocenters. The zero-order chi connectivity index (χ0) is 11.9. The van der Waals surface area contributed by atoms with Crippen molar-refractivity contribution in [2.45, 2.75) is 25.8 Å². The van der Waals surface area contributed by atoms with Crippen LogP contribution in [-0.2, 0) is 11.9 Å². The molecule has 1 heterocycles. The van der Waals surface area contributed by atoms with Crippen LogP contribution in [0.3, 0.4) is 0 Å². The third-order valence-electron chi connectivity index (χ3n) is 2.62. The van der Waals surface area contributed by atoms with Crippen LogP contribution in [0, 0.1) is 6.92 Å². The first-order valence-corrected chi connectivity index (χ1v) is 6.28. The Morgan fingerprint density at radius 2 is 1.82 bits per heavy atom. The van der Waals surface area contributed by atoms with Crippen LogP contribution in [0.25, 0.3) is 10.1 Å². The highest BCUT2D eigenvalue weighted by Gasteiger charge is 2.46. The van der Waals surface area contributed by atoms with E-state index in [1.54, 1.807) is 25.1 Å². The number of thiophene rings is 1. The van der Waals surface area contributed by atoms with Crippen LogP contribution in [0.15, 0.2) is 24.3 Å². The van der Waals surface area contributed by atoms with E-state index in [2.05, 4.69) is 0 Å². The van der Waals surface area contributed by atoms with E-state index in [-0.39, 0.29) is 17.0 Å². The van der Waals surface area contributed by atoms with Gasteiger partial charge in [0.05, 0.1) is 10.5 Å². The van der Waals surface area contributed by atoms with Crippen LogP contribution in [0.4, 0.5) is 13.2 Å². The van der Waals surface area contributed by atoms with Gasteiger partial charge in [0.15, 0.2) is 9.58 Å². The van der Waals surface area contributed by atoms with Gasteiger partial charge in [-0.15, -0.1) is 13.2 Å². The van der Waals surface area contributed by atoms with Gasteiger partial charge in [-0.3, -0.25) is 0 Å². The van der Waals surface area contributed by atoms with Crippen molar-refractivity contribution in [3.63, 3.8) is 0 Å². The maximum Gasteiger partial charge on any atom is 0.600 e. The van der Waals surface area contributed by atoms with Crippen LogP contribution in [0.2, 0.25) is 0 Å². The second kappa shape index (κ2) is 4.98. The Morgan fingerprint density at radius 1 is 1.18 bits per heavy atom. The standard InChI is InChI=1S/C12H12F3S.BrH/c1-3-9-4-5-10-6-8(2)16(11(10)7-9)12(13,14)15;/h4-7H,3H2,1-2H3;1H/q+1;/p-1. The van der Waals surface area contributed by atoms with Gasteiger partial charge in [0.1, 0.15) is 0 Å². The zero-order valence-corrected chi connectivity index (χ0v) is 11.8. The summed E-state index contributed by atoms with van der Waals surface area (Å²) < 4.78 is 39.1. The first-order valence-electron chi connectivity index (χ1n) is 5.06. The largest absolute Gasteiger partial charge is 1.00 e. The molecule has 0 fully saturated rings. The molecule has 0 aliphatic rings. The molecule has 0 amide bonds. The van der Waals surface area contributed by atoms with Crippen LogP contribution in [0.1, 0.15) is 17.4 Å². The lowest BCUT2D eigenvalue weighted by Gasteiger charge is -1.98. The second-order valence-corrected chi connectivity index (χ2v) is 5.89. The maximum atomic E-state index is 12.9. The van der Waals surface area contributed by atoms with E-state index in [9.17, 15) is 13.2 Å². The van der Waals surface area contributed by atoms with Gasteiger partial charge in [0.2, 0.25) is 0 Å². The molecule has 0 N–H and O–H groups in total.